The maximum Gasteiger partial charge on any atom is 0.578 e. The largest absolute Gasteiger partial charge is 0.604 e. The first kappa shape index (κ1) is 11.3. The van der Waals surface area contributed by atoms with Crippen LogP contribution in [-0.4, -0.2) is 10.1 Å². The van der Waals surface area contributed by atoms with Gasteiger partial charge in [0.2, 0.25) is 0 Å². The fourth-order valence-electron chi connectivity index (χ4n) is 1.33. The molecule has 83 valence electrons. The van der Waals surface area contributed by atoms with E-state index in [0.717, 1.165) is 5.39 Å². The molecule has 0 aliphatic carbocycles. The van der Waals surface area contributed by atoms with Crippen molar-refractivity contribution in [1.29, 1.82) is 0 Å². The topological polar surface area (TPSA) is 23.1 Å². The molecule has 0 heterocycles. The summed E-state index contributed by atoms with van der Waals surface area (Å²) in [7, 11) is 0. The van der Waals surface area contributed by atoms with Crippen molar-refractivity contribution >= 4 is 21.9 Å². The third kappa shape index (κ3) is 2.15. The third-order valence-electron chi connectivity index (χ3n) is 2.04. The predicted octanol–water partition coefficient (Wildman–Crippen LogP) is 3.27. The van der Waals surface area contributed by atoms with Crippen LogP contribution >= 0.6 is 0 Å². The van der Waals surface area contributed by atoms with Crippen LogP contribution < -0.4 is 0 Å². The fourth-order valence-corrected chi connectivity index (χ4v) is 1.97. The minimum absolute atomic E-state index is 0.341. The second-order valence-corrected chi connectivity index (χ2v) is 4.56. The summed E-state index contributed by atoms with van der Waals surface area (Å²) in [5.41, 5.74) is -4.74. The normalized spacial score (nSPS) is 14.0. The van der Waals surface area contributed by atoms with Crippen molar-refractivity contribution in [2.24, 2.45) is 0 Å². The molecule has 5 heteroatoms. The van der Waals surface area contributed by atoms with Gasteiger partial charge in [-0.2, -0.15) is 0 Å². The molecule has 1 radical (unpaired) electrons. The van der Waals surface area contributed by atoms with Gasteiger partial charge in [-0.05, 0) is 22.9 Å². The number of alkyl halides is 3. The summed E-state index contributed by atoms with van der Waals surface area (Å²) in [5.74, 6) is 0. The highest BCUT2D eigenvalue weighted by Crippen LogP contribution is 2.31. The molecule has 0 fully saturated rings. The van der Waals surface area contributed by atoms with Gasteiger partial charge >= 0.3 is 5.51 Å². The zero-order valence-electron chi connectivity index (χ0n) is 7.91. The molecule has 0 saturated heterocycles. The van der Waals surface area contributed by atoms with Gasteiger partial charge in [0.25, 0.3) is 0 Å². The van der Waals surface area contributed by atoms with Crippen molar-refractivity contribution in [3.8, 4) is 0 Å². The maximum atomic E-state index is 12.2. The zero-order valence-corrected chi connectivity index (χ0v) is 8.73. The van der Waals surface area contributed by atoms with E-state index in [1.54, 1.807) is 24.3 Å². The minimum atomic E-state index is -4.74. The lowest BCUT2D eigenvalue weighted by Crippen LogP contribution is -2.23. The van der Waals surface area contributed by atoms with Gasteiger partial charge in [0, 0.05) is 0 Å². The predicted molar refractivity (Wildman–Crippen MR) is 55.2 cm³/mol. The lowest BCUT2D eigenvalue weighted by molar-refractivity contribution is -0.0435. The van der Waals surface area contributed by atoms with Crippen LogP contribution in [0.4, 0.5) is 13.2 Å². The summed E-state index contributed by atoms with van der Waals surface area (Å²) < 4.78 is 47.7. The van der Waals surface area contributed by atoms with E-state index >= 15 is 0 Å². The zero-order chi connectivity index (χ0) is 11.8. The summed E-state index contributed by atoms with van der Waals surface area (Å²) in [6, 6.07) is 12.1. The molecule has 0 aromatic heterocycles. The highest BCUT2D eigenvalue weighted by atomic mass is 32.2. The number of fused-ring (bicyclic) bond motifs is 1. The highest BCUT2D eigenvalue weighted by Gasteiger charge is 2.46. The van der Waals surface area contributed by atoms with Crippen LogP contribution in [0.15, 0.2) is 41.3 Å². The Morgan fingerprint density at radius 1 is 1.06 bits per heavy atom. The Balaban J connectivity index is 2.47. The summed E-state index contributed by atoms with van der Waals surface area (Å²) in [4.78, 5) is -0.341. The molecule has 1 unspecified atom stereocenters. The molecule has 0 saturated carbocycles. The number of rotatable bonds is 1. The molecule has 0 aliphatic heterocycles. The maximum absolute atomic E-state index is 12.2. The van der Waals surface area contributed by atoms with Crippen molar-refractivity contribution in [1.82, 2.24) is 0 Å². The van der Waals surface area contributed by atoms with Crippen LogP contribution in [0.2, 0.25) is 0 Å². The number of hydrogen-bond acceptors (Lipinski definition) is 1. The summed E-state index contributed by atoms with van der Waals surface area (Å²) in [6.45, 7) is 0. The smallest absolute Gasteiger partial charge is 0.578 e. The molecule has 2 rings (SSSR count). The summed E-state index contributed by atoms with van der Waals surface area (Å²) in [6.07, 6.45) is 0. The first-order chi connectivity index (χ1) is 7.48. The molecule has 0 spiro atoms. The van der Waals surface area contributed by atoms with Gasteiger partial charge in [-0.15, -0.1) is 13.2 Å². The van der Waals surface area contributed by atoms with E-state index in [2.05, 4.69) is 6.07 Å². The molecule has 0 N–H and O–H groups in total. The highest BCUT2D eigenvalue weighted by molar-refractivity contribution is 7.92. The Morgan fingerprint density at radius 3 is 2.44 bits per heavy atom. The molecule has 0 aliphatic rings. The quantitative estimate of drug-likeness (QED) is 0.705. The van der Waals surface area contributed by atoms with Gasteiger partial charge < -0.3 is 4.55 Å². The summed E-state index contributed by atoms with van der Waals surface area (Å²) in [5, 5.41) is 1.29. The molecular weight excluding hydrogens is 237 g/mol. The fraction of sp³-hybridized carbons (Fsp3) is 0.0909. The Hall–Kier alpha value is -1.20. The van der Waals surface area contributed by atoms with E-state index in [0.29, 0.717) is 5.39 Å². The van der Waals surface area contributed by atoms with Crippen molar-refractivity contribution < 1.29 is 17.7 Å². The molecule has 0 bridgehead atoms. The van der Waals surface area contributed by atoms with E-state index in [-0.39, 0.29) is 4.90 Å². The van der Waals surface area contributed by atoms with Crippen molar-refractivity contribution in [3.63, 3.8) is 0 Å². The molecule has 16 heavy (non-hydrogen) atoms. The van der Waals surface area contributed by atoms with Crippen molar-refractivity contribution in [3.05, 3.63) is 42.5 Å². The molecule has 1 atom stereocenters. The standard InChI is InChI=1S/C11H6F3OS/c12-11(13,14)16(15)10-6-5-8-3-1-2-4-9(8)7-10/h1-6H. The van der Waals surface area contributed by atoms with E-state index < -0.39 is 16.7 Å². The average molecular weight is 243 g/mol. The Morgan fingerprint density at radius 2 is 1.75 bits per heavy atom. The number of benzene rings is 2. The van der Waals surface area contributed by atoms with Crippen LogP contribution in [0.1, 0.15) is 0 Å². The molecule has 1 nitrogen and oxygen atoms in total. The van der Waals surface area contributed by atoms with Crippen LogP contribution in [-0.2, 0) is 11.2 Å². The first-order valence-corrected chi connectivity index (χ1v) is 5.53. The van der Waals surface area contributed by atoms with E-state index in [9.17, 15) is 17.7 Å². The Labute approximate surface area is 93.1 Å². The van der Waals surface area contributed by atoms with Gasteiger partial charge in [0.05, 0.1) is 17.2 Å². The monoisotopic (exact) mass is 243 g/mol. The van der Waals surface area contributed by atoms with Gasteiger partial charge in [0.15, 0.2) is 4.90 Å². The SMILES string of the molecule is [O-][S+](c1[c]c2ccccc2cc1)C(F)(F)F. The van der Waals surface area contributed by atoms with Crippen molar-refractivity contribution in [2.75, 3.05) is 0 Å². The van der Waals surface area contributed by atoms with Crippen LogP contribution in [0.25, 0.3) is 10.8 Å². The number of hydrogen-bond donors (Lipinski definition) is 0. The van der Waals surface area contributed by atoms with E-state index in [1.807, 2.05) is 0 Å². The first-order valence-electron chi connectivity index (χ1n) is 4.38. The Kier molecular flexibility index (Phi) is 2.82. The van der Waals surface area contributed by atoms with Crippen molar-refractivity contribution in [2.45, 2.75) is 10.4 Å². The van der Waals surface area contributed by atoms with Gasteiger partial charge in [-0.25, -0.2) is 0 Å². The molecular formula is C11H6F3OS. The van der Waals surface area contributed by atoms with Gasteiger partial charge in [-0.3, -0.25) is 0 Å². The molecule has 2 aromatic rings. The van der Waals surface area contributed by atoms with Crippen LogP contribution in [0.3, 0.4) is 0 Å². The lowest BCUT2D eigenvalue weighted by atomic mass is 10.1. The second-order valence-electron chi connectivity index (χ2n) is 3.12. The van der Waals surface area contributed by atoms with E-state index in [4.69, 9.17) is 0 Å². The lowest BCUT2D eigenvalue weighted by Gasteiger charge is -2.12. The molecule has 2 aromatic carbocycles. The second kappa shape index (κ2) is 3.99. The van der Waals surface area contributed by atoms with Gasteiger partial charge in [-0.1, -0.05) is 24.3 Å². The third-order valence-corrected chi connectivity index (χ3v) is 3.10. The van der Waals surface area contributed by atoms with Gasteiger partial charge in [0.1, 0.15) is 0 Å². The van der Waals surface area contributed by atoms with Crippen LogP contribution in [0.5, 0.6) is 0 Å². The molecule has 0 amide bonds. The number of halogens is 3. The van der Waals surface area contributed by atoms with E-state index in [1.165, 1.54) is 12.1 Å². The average Bonchev–Trinajstić information content (AvgIpc) is 2.26. The Bertz CT molecular complexity index is 510. The summed E-state index contributed by atoms with van der Waals surface area (Å²) >= 11 is -3.01. The van der Waals surface area contributed by atoms with Crippen LogP contribution in [0, 0.1) is 6.07 Å². The minimum Gasteiger partial charge on any atom is -0.604 e.